The highest BCUT2D eigenvalue weighted by Crippen LogP contribution is 2.28. The summed E-state index contributed by atoms with van der Waals surface area (Å²) in [6.45, 7) is 2.20. The average Bonchev–Trinajstić information content (AvgIpc) is 1.86. The molecule has 0 aromatic rings. The minimum absolute atomic E-state index is 0.769. The lowest BCUT2D eigenvalue weighted by Gasteiger charge is -1.84. The van der Waals surface area contributed by atoms with E-state index in [1.54, 1.807) is 0 Å². The highest BCUT2D eigenvalue weighted by molar-refractivity contribution is 8.58. The fourth-order valence-electron chi connectivity index (χ4n) is 0.318. The maximum atomic E-state index is 2.20. The normalized spacial score (nSPS) is 19.8. The minimum atomic E-state index is 0.769. The van der Waals surface area contributed by atoms with Gasteiger partial charge < -0.3 is 0 Å². The number of hydrogen-bond donors (Lipinski definition) is 0. The fraction of sp³-hybridized carbons (Fsp3) is 0.333. The van der Waals surface area contributed by atoms with Crippen molar-refractivity contribution in [1.29, 1.82) is 0 Å². The first-order valence-electron chi connectivity index (χ1n) is 1.85. The quantitative estimate of drug-likeness (QED) is 0.444. The standard InChI is InChI=1S/C3H5BS2/c1-4-5-2-3-6-4/h2-3H,1H3. The Morgan fingerprint density at radius 1 is 1.33 bits per heavy atom. The van der Waals surface area contributed by atoms with E-state index < -0.39 is 0 Å². The molecule has 0 unspecified atom stereocenters. The van der Waals surface area contributed by atoms with Gasteiger partial charge in [-0.15, -0.1) is 0 Å². The van der Waals surface area contributed by atoms with Crippen LogP contribution in [0.25, 0.3) is 0 Å². The zero-order chi connectivity index (χ0) is 4.41. The second kappa shape index (κ2) is 1.98. The molecule has 3 heteroatoms. The van der Waals surface area contributed by atoms with E-state index in [2.05, 4.69) is 17.6 Å². The Hall–Kier alpha value is 0.505. The summed E-state index contributed by atoms with van der Waals surface area (Å²) in [6, 6.07) is 0. The summed E-state index contributed by atoms with van der Waals surface area (Å²) in [5.74, 6) is 0. The molecular formula is C3H5BS2. The molecule has 0 atom stereocenters. The van der Waals surface area contributed by atoms with Crippen LogP contribution in [0.5, 0.6) is 0 Å². The van der Waals surface area contributed by atoms with Crippen molar-refractivity contribution in [3.05, 3.63) is 10.8 Å². The average molecular weight is 116 g/mol. The molecule has 0 bridgehead atoms. The summed E-state index contributed by atoms with van der Waals surface area (Å²) in [5.41, 5.74) is 0. The van der Waals surface area contributed by atoms with E-state index in [1.165, 1.54) is 0 Å². The smallest absolute Gasteiger partial charge is 0.168 e. The highest BCUT2D eigenvalue weighted by atomic mass is 32.2. The van der Waals surface area contributed by atoms with Crippen LogP contribution in [-0.2, 0) is 0 Å². The molecular weight excluding hydrogens is 111 g/mol. The zero-order valence-corrected chi connectivity index (χ0v) is 5.18. The Balaban J connectivity index is 2.32. The first-order chi connectivity index (χ1) is 2.89. The van der Waals surface area contributed by atoms with Crippen molar-refractivity contribution in [1.82, 2.24) is 0 Å². The van der Waals surface area contributed by atoms with Gasteiger partial charge in [-0.1, -0.05) is 6.82 Å². The molecule has 0 saturated carbocycles. The van der Waals surface area contributed by atoms with Crippen LogP contribution in [-0.4, -0.2) is 5.27 Å². The van der Waals surface area contributed by atoms with Gasteiger partial charge in [0, 0.05) is 0 Å². The summed E-state index contributed by atoms with van der Waals surface area (Å²) in [6.07, 6.45) is 0. The lowest BCUT2D eigenvalue weighted by Crippen LogP contribution is -1.82. The van der Waals surface area contributed by atoms with E-state index >= 15 is 0 Å². The molecule has 0 saturated heterocycles. The van der Waals surface area contributed by atoms with Gasteiger partial charge in [0.25, 0.3) is 5.27 Å². The Morgan fingerprint density at radius 2 is 1.83 bits per heavy atom. The van der Waals surface area contributed by atoms with Gasteiger partial charge in [0.05, 0.1) is 0 Å². The van der Waals surface area contributed by atoms with Crippen LogP contribution in [0.1, 0.15) is 0 Å². The molecule has 0 fully saturated rings. The molecule has 0 amide bonds. The van der Waals surface area contributed by atoms with Gasteiger partial charge in [0.2, 0.25) is 0 Å². The van der Waals surface area contributed by atoms with E-state index in [0.29, 0.717) is 0 Å². The molecule has 1 aliphatic rings. The second-order valence-electron chi connectivity index (χ2n) is 1.11. The third-order valence-corrected chi connectivity index (χ3v) is 2.79. The summed E-state index contributed by atoms with van der Waals surface area (Å²) in [7, 11) is 0. The first kappa shape index (κ1) is 4.66. The molecule has 0 aromatic carbocycles. The molecule has 0 aliphatic carbocycles. The number of rotatable bonds is 0. The molecule has 0 aromatic heterocycles. The van der Waals surface area contributed by atoms with Crippen LogP contribution in [0, 0.1) is 0 Å². The monoisotopic (exact) mass is 116 g/mol. The molecule has 0 radical (unpaired) electrons. The second-order valence-corrected chi connectivity index (χ2v) is 3.91. The molecule has 0 spiro atoms. The Labute approximate surface area is 46.6 Å². The Morgan fingerprint density at radius 3 is 2.00 bits per heavy atom. The highest BCUT2D eigenvalue weighted by Gasteiger charge is 2.07. The lowest BCUT2D eigenvalue weighted by molar-refractivity contribution is 2.36. The molecule has 1 heterocycles. The molecule has 6 heavy (non-hydrogen) atoms. The SMILES string of the molecule is CB1SC=CS1. The van der Waals surface area contributed by atoms with Crippen LogP contribution < -0.4 is 0 Å². The first-order valence-corrected chi connectivity index (χ1v) is 3.74. The Bertz CT molecular complexity index is 63.2. The van der Waals surface area contributed by atoms with Crippen LogP contribution in [0.4, 0.5) is 0 Å². The third-order valence-electron chi connectivity index (χ3n) is 0.596. The van der Waals surface area contributed by atoms with Crippen molar-refractivity contribution < 1.29 is 0 Å². The predicted molar refractivity (Wildman–Crippen MR) is 35.9 cm³/mol. The van der Waals surface area contributed by atoms with Crippen molar-refractivity contribution >= 4 is 28.5 Å². The van der Waals surface area contributed by atoms with Gasteiger partial charge in [0.1, 0.15) is 0 Å². The summed E-state index contributed by atoms with van der Waals surface area (Å²) < 4.78 is 0. The van der Waals surface area contributed by atoms with Crippen molar-refractivity contribution in [2.75, 3.05) is 0 Å². The topological polar surface area (TPSA) is 0 Å². The maximum absolute atomic E-state index is 2.20. The molecule has 32 valence electrons. The largest absolute Gasteiger partial charge is 0.280 e. The van der Waals surface area contributed by atoms with Gasteiger partial charge in [-0.25, -0.2) is 0 Å². The van der Waals surface area contributed by atoms with Gasteiger partial charge in [0.15, 0.2) is 0 Å². The van der Waals surface area contributed by atoms with Crippen molar-refractivity contribution in [3.8, 4) is 0 Å². The van der Waals surface area contributed by atoms with Crippen LogP contribution in [0.3, 0.4) is 0 Å². The maximum Gasteiger partial charge on any atom is 0.280 e. The molecule has 1 aliphatic heterocycles. The van der Waals surface area contributed by atoms with Crippen molar-refractivity contribution in [2.45, 2.75) is 6.82 Å². The molecule has 0 N–H and O–H groups in total. The van der Waals surface area contributed by atoms with Gasteiger partial charge >= 0.3 is 0 Å². The van der Waals surface area contributed by atoms with Crippen LogP contribution >= 0.6 is 23.2 Å². The van der Waals surface area contributed by atoms with Crippen LogP contribution in [0.15, 0.2) is 10.8 Å². The molecule has 1 rings (SSSR count). The van der Waals surface area contributed by atoms with E-state index in [-0.39, 0.29) is 0 Å². The lowest BCUT2D eigenvalue weighted by atomic mass is 10.2. The summed E-state index contributed by atoms with van der Waals surface area (Å²) in [4.78, 5) is 0. The van der Waals surface area contributed by atoms with Gasteiger partial charge in [-0.05, 0) is 10.8 Å². The van der Waals surface area contributed by atoms with E-state index in [9.17, 15) is 0 Å². The van der Waals surface area contributed by atoms with Gasteiger partial charge in [-0.2, -0.15) is 23.2 Å². The van der Waals surface area contributed by atoms with Crippen molar-refractivity contribution in [3.63, 3.8) is 0 Å². The third kappa shape index (κ3) is 0.983. The van der Waals surface area contributed by atoms with E-state index in [4.69, 9.17) is 0 Å². The van der Waals surface area contributed by atoms with Crippen LogP contribution in [0.2, 0.25) is 6.82 Å². The summed E-state index contributed by atoms with van der Waals surface area (Å²) >= 11 is 3.76. The Kier molecular flexibility index (Phi) is 1.54. The van der Waals surface area contributed by atoms with E-state index in [1.807, 2.05) is 23.2 Å². The fourth-order valence-corrected chi connectivity index (χ4v) is 1.91. The van der Waals surface area contributed by atoms with E-state index in [0.717, 1.165) is 5.27 Å². The minimum Gasteiger partial charge on any atom is -0.168 e. The number of hydrogen-bond acceptors (Lipinski definition) is 2. The molecule has 0 nitrogen and oxygen atoms in total. The predicted octanol–water partition coefficient (Wildman–Crippen LogP) is 2.06. The summed E-state index contributed by atoms with van der Waals surface area (Å²) in [5, 5.41) is 5.04. The van der Waals surface area contributed by atoms with Gasteiger partial charge in [-0.3, -0.25) is 0 Å². The van der Waals surface area contributed by atoms with Crippen molar-refractivity contribution in [2.24, 2.45) is 0 Å². The zero-order valence-electron chi connectivity index (χ0n) is 3.55.